The van der Waals surface area contributed by atoms with E-state index >= 15 is 0 Å². The number of benzene rings is 1. The Labute approximate surface area is 169 Å². The van der Waals surface area contributed by atoms with Gasteiger partial charge in [-0.05, 0) is 64.4 Å². The maximum absolute atomic E-state index is 12.8. The van der Waals surface area contributed by atoms with Crippen molar-refractivity contribution in [3.8, 4) is 0 Å². The standard InChI is InChI=1S/C18H18FIN4O3/c19-14-4-1-12(2-5-14)7-8-21-17(26)11-23-18-15(20)9-13(10-22-18)3-6-16(25)24-27/h1-6,9-10,27H,7-8,11H2,(H,21,26)(H,22,23)(H,24,25)/b6-3+. The van der Waals surface area contributed by atoms with Crippen molar-refractivity contribution in [2.24, 2.45) is 0 Å². The number of hydroxylamine groups is 1. The molecule has 0 bridgehead atoms. The van der Waals surface area contributed by atoms with Crippen LogP contribution in [0, 0.1) is 9.39 Å². The van der Waals surface area contributed by atoms with E-state index in [0.29, 0.717) is 24.3 Å². The van der Waals surface area contributed by atoms with Crippen LogP contribution < -0.4 is 16.1 Å². The second kappa shape index (κ2) is 10.6. The molecule has 9 heteroatoms. The van der Waals surface area contributed by atoms with Crippen LogP contribution in [0.3, 0.4) is 0 Å². The van der Waals surface area contributed by atoms with Gasteiger partial charge in [-0.3, -0.25) is 14.8 Å². The normalized spacial score (nSPS) is 10.6. The molecular weight excluding hydrogens is 466 g/mol. The molecule has 0 fully saturated rings. The number of carbonyl (C=O) groups excluding carboxylic acids is 2. The van der Waals surface area contributed by atoms with Crippen molar-refractivity contribution in [1.82, 2.24) is 15.8 Å². The topological polar surface area (TPSA) is 103 Å². The highest BCUT2D eigenvalue weighted by atomic mass is 127. The lowest BCUT2D eigenvalue weighted by Gasteiger charge is -2.09. The Morgan fingerprint density at radius 1 is 1.26 bits per heavy atom. The monoisotopic (exact) mass is 484 g/mol. The SMILES string of the molecule is O=C(/C=C/c1cnc(NCC(=O)NCCc2ccc(F)cc2)c(I)c1)NO. The zero-order valence-electron chi connectivity index (χ0n) is 14.2. The van der Waals surface area contributed by atoms with Crippen molar-refractivity contribution in [1.29, 1.82) is 0 Å². The number of anilines is 1. The van der Waals surface area contributed by atoms with Crippen LogP contribution in [-0.2, 0) is 16.0 Å². The van der Waals surface area contributed by atoms with Gasteiger partial charge in [0.25, 0.3) is 5.91 Å². The summed E-state index contributed by atoms with van der Waals surface area (Å²) >= 11 is 2.07. The van der Waals surface area contributed by atoms with Gasteiger partial charge in [-0.1, -0.05) is 12.1 Å². The van der Waals surface area contributed by atoms with Gasteiger partial charge in [-0.15, -0.1) is 0 Å². The van der Waals surface area contributed by atoms with E-state index in [4.69, 9.17) is 5.21 Å². The van der Waals surface area contributed by atoms with E-state index in [1.165, 1.54) is 36.0 Å². The zero-order valence-corrected chi connectivity index (χ0v) is 16.4. The molecule has 0 aliphatic heterocycles. The third kappa shape index (κ3) is 7.31. The number of rotatable bonds is 8. The van der Waals surface area contributed by atoms with Gasteiger partial charge in [-0.2, -0.15) is 0 Å². The van der Waals surface area contributed by atoms with Crippen LogP contribution in [0.25, 0.3) is 6.08 Å². The predicted molar refractivity (Wildman–Crippen MR) is 108 cm³/mol. The fraction of sp³-hybridized carbons (Fsp3) is 0.167. The van der Waals surface area contributed by atoms with Crippen molar-refractivity contribution in [3.05, 3.63) is 63.1 Å². The molecule has 0 saturated heterocycles. The van der Waals surface area contributed by atoms with Crippen LogP contribution in [0.5, 0.6) is 0 Å². The van der Waals surface area contributed by atoms with Crippen molar-refractivity contribution < 1.29 is 19.2 Å². The number of aromatic nitrogens is 1. The van der Waals surface area contributed by atoms with E-state index in [9.17, 15) is 14.0 Å². The Morgan fingerprint density at radius 3 is 2.67 bits per heavy atom. The molecule has 0 unspecified atom stereocenters. The minimum atomic E-state index is -0.635. The number of amides is 2. The fourth-order valence-corrected chi connectivity index (χ4v) is 2.80. The average Bonchev–Trinajstić information content (AvgIpc) is 2.66. The van der Waals surface area contributed by atoms with Crippen LogP contribution >= 0.6 is 22.6 Å². The second-order valence-corrected chi connectivity index (χ2v) is 6.65. The van der Waals surface area contributed by atoms with Gasteiger partial charge in [0.05, 0.1) is 10.1 Å². The third-order valence-corrected chi connectivity index (χ3v) is 4.29. The summed E-state index contributed by atoms with van der Waals surface area (Å²) in [5.41, 5.74) is 3.12. The molecule has 0 saturated carbocycles. The number of nitrogens with one attached hydrogen (secondary N) is 3. The summed E-state index contributed by atoms with van der Waals surface area (Å²) in [5, 5.41) is 14.2. The molecule has 142 valence electrons. The molecule has 0 aliphatic rings. The minimum absolute atomic E-state index is 0.0640. The quantitative estimate of drug-likeness (QED) is 0.199. The molecule has 7 nitrogen and oxygen atoms in total. The van der Waals surface area contributed by atoms with Gasteiger partial charge in [0.1, 0.15) is 11.6 Å². The highest BCUT2D eigenvalue weighted by Crippen LogP contribution is 2.17. The van der Waals surface area contributed by atoms with Crippen LogP contribution in [0.2, 0.25) is 0 Å². The zero-order chi connectivity index (χ0) is 19.6. The van der Waals surface area contributed by atoms with E-state index < -0.39 is 5.91 Å². The maximum atomic E-state index is 12.8. The number of hydrogen-bond donors (Lipinski definition) is 4. The summed E-state index contributed by atoms with van der Waals surface area (Å²) in [6, 6.07) is 7.94. The summed E-state index contributed by atoms with van der Waals surface area (Å²) in [5.74, 6) is -0.553. The second-order valence-electron chi connectivity index (χ2n) is 5.49. The summed E-state index contributed by atoms with van der Waals surface area (Å²) in [4.78, 5) is 27.1. The van der Waals surface area contributed by atoms with Crippen molar-refractivity contribution in [3.63, 3.8) is 0 Å². The molecule has 2 aromatic rings. The van der Waals surface area contributed by atoms with Crippen LogP contribution in [0.1, 0.15) is 11.1 Å². The first kappa shape index (κ1) is 20.8. The number of carbonyl (C=O) groups is 2. The molecule has 1 aromatic carbocycles. The molecule has 0 aliphatic carbocycles. The molecule has 0 spiro atoms. The van der Waals surface area contributed by atoms with E-state index in [2.05, 4.69) is 38.2 Å². The Morgan fingerprint density at radius 2 is 2.00 bits per heavy atom. The van der Waals surface area contributed by atoms with E-state index in [1.54, 1.807) is 18.2 Å². The van der Waals surface area contributed by atoms with Crippen molar-refractivity contribution >= 4 is 46.3 Å². The van der Waals surface area contributed by atoms with Crippen molar-refractivity contribution in [2.45, 2.75) is 6.42 Å². The molecule has 1 aromatic heterocycles. The highest BCUT2D eigenvalue weighted by Gasteiger charge is 2.06. The molecule has 2 rings (SSSR count). The minimum Gasteiger partial charge on any atom is -0.360 e. The van der Waals surface area contributed by atoms with Crippen LogP contribution in [0.15, 0.2) is 42.6 Å². The Balaban J connectivity index is 1.78. The number of pyridine rings is 1. The molecule has 0 radical (unpaired) electrons. The molecule has 4 N–H and O–H groups in total. The van der Waals surface area contributed by atoms with Gasteiger partial charge in [0.2, 0.25) is 5.91 Å². The highest BCUT2D eigenvalue weighted by molar-refractivity contribution is 14.1. The van der Waals surface area contributed by atoms with Crippen LogP contribution in [-0.4, -0.2) is 35.1 Å². The average molecular weight is 484 g/mol. The molecule has 27 heavy (non-hydrogen) atoms. The number of hydrogen-bond acceptors (Lipinski definition) is 5. The largest absolute Gasteiger partial charge is 0.360 e. The predicted octanol–water partition coefficient (Wildman–Crippen LogP) is 2.11. The van der Waals surface area contributed by atoms with Crippen molar-refractivity contribution in [2.75, 3.05) is 18.4 Å². The van der Waals surface area contributed by atoms with E-state index in [1.807, 2.05) is 0 Å². The van der Waals surface area contributed by atoms with Crippen LogP contribution in [0.4, 0.5) is 10.2 Å². The first-order valence-electron chi connectivity index (χ1n) is 8.00. The molecule has 1 heterocycles. The summed E-state index contributed by atoms with van der Waals surface area (Å²) in [6.07, 6.45) is 4.84. The fourth-order valence-electron chi connectivity index (χ4n) is 2.11. The summed E-state index contributed by atoms with van der Waals surface area (Å²) in [6.45, 7) is 0.516. The lowest BCUT2D eigenvalue weighted by atomic mass is 10.1. The Kier molecular flexibility index (Phi) is 8.14. The van der Waals surface area contributed by atoms with Gasteiger partial charge < -0.3 is 10.6 Å². The maximum Gasteiger partial charge on any atom is 0.267 e. The van der Waals surface area contributed by atoms with E-state index in [-0.39, 0.29) is 18.3 Å². The Hall–Kier alpha value is -2.53. The summed E-state index contributed by atoms with van der Waals surface area (Å²) < 4.78 is 13.6. The first-order chi connectivity index (χ1) is 13.0. The third-order valence-electron chi connectivity index (χ3n) is 3.47. The molecule has 2 amide bonds. The first-order valence-corrected chi connectivity index (χ1v) is 9.08. The number of nitrogens with zero attached hydrogens (tertiary/aromatic N) is 1. The van der Waals surface area contributed by atoms with E-state index in [0.717, 1.165) is 9.13 Å². The molecular formula is C18H18FIN4O3. The lowest BCUT2D eigenvalue weighted by Crippen LogP contribution is -2.31. The number of halogens is 2. The molecule has 0 atom stereocenters. The summed E-state index contributed by atoms with van der Waals surface area (Å²) in [7, 11) is 0. The Bertz CT molecular complexity index is 828. The van der Waals surface area contributed by atoms with Gasteiger partial charge in [-0.25, -0.2) is 14.9 Å². The lowest BCUT2D eigenvalue weighted by molar-refractivity contribution is -0.124. The van der Waals surface area contributed by atoms with Gasteiger partial charge >= 0.3 is 0 Å². The smallest absolute Gasteiger partial charge is 0.267 e. The van der Waals surface area contributed by atoms with Gasteiger partial charge in [0, 0.05) is 18.8 Å². The van der Waals surface area contributed by atoms with Gasteiger partial charge in [0.15, 0.2) is 0 Å².